The summed E-state index contributed by atoms with van der Waals surface area (Å²) in [6, 6.07) is 9.78. The largest absolute Gasteiger partial charge is 0.314 e. The van der Waals surface area contributed by atoms with Crippen LogP contribution in [0.15, 0.2) is 24.3 Å². The molecule has 0 aromatic heterocycles. The van der Waals surface area contributed by atoms with Crippen molar-refractivity contribution in [2.45, 2.75) is 71.8 Å². The van der Waals surface area contributed by atoms with Crippen LogP contribution in [-0.2, 0) is 6.42 Å². The van der Waals surface area contributed by atoms with Gasteiger partial charge in [0, 0.05) is 6.04 Å². The summed E-state index contributed by atoms with van der Waals surface area (Å²) in [6.45, 7) is 10.6. The second kappa shape index (κ2) is 7.98. The molecule has 1 N–H and O–H groups in total. The zero-order valence-corrected chi connectivity index (χ0v) is 14.4. The Balaban J connectivity index is 2.09. The number of hydrogen-bond acceptors (Lipinski definition) is 1. The predicted molar refractivity (Wildman–Crippen MR) is 92.8 cm³/mol. The van der Waals surface area contributed by atoms with Crippen molar-refractivity contribution < 1.29 is 0 Å². The van der Waals surface area contributed by atoms with Crippen LogP contribution in [0.5, 0.6) is 0 Å². The summed E-state index contributed by atoms with van der Waals surface area (Å²) in [5, 5.41) is 3.83. The normalized spacial score (nSPS) is 21.1. The molecule has 1 heteroatoms. The first-order chi connectivity index (χ1) is 10.1. The van der Waals surface area contributed by atoms with Crippen molar-refractivity contribution in [1.82, 2.24) is 5.32 Å². The van der Waals surface area contributed by atoms with Gasteiger partial charge in [0.05, 0.1) is 0 Å². The Morgan fingerprint density at radius 2 is 1.95 bits per heavy atom. The van der Waals surface area contributed by atoms with Crippen molar-refractivity contribution in [1.29, 1.82) is 0 Å². The van der Waals surface area contributed by atoms with Crippen molar-refractivity contribution in [2.24, 2.45) is 11.8 Å². The molecule has 0 spiro atoms. The number of rotatable bonds is 7. The fourth-order valence-corrected chi connectivity index (χ4v) is 3.68. The molecule has 0 radical (unpaired) electrons. The zero-order valence-electron chi connectivity index (χ0n) is 14.4. The Labute approximate surface area is 131 Å². The number of hydrogen-bond donors (Lipinski definition) is 1. The van der Waals surface area contributed by atoms with Crippen LogP contribution in [0.3, 0.4) is 0 Å². The topological polar surface area (TPSA) is 12.0 Å². The standard InChI is InChI=1S/C20H33N/c1-5-13-21-20(16(4)15(2)3)14-18-11-8-10-17-9-6-7-12-19(17)18/h6-7,9,12,15-16,18,20-21H,5,8,10-11,13-14H2,1-4H3. The lowest BCUT2D eigenvalue weighted by atomic mass is 9.76. The average molecular weight is 287 g/mol. The van der Waals surface area contributed by atoms with Gasteiger partial charge >= 0.3 is 0 Å². The monoisotopic (exact) mass is 287 g/mol. The van der Waals surface area contributed by atoms with E-state index in [2.05, 4.69) is 57.3 Å². The molecule has 1 aliphatic rings. The molecule has 0 saturated carbocycles. The van der Waals surface area contributed by atoms with Gasteiger partial charge in [-0.25, -0.2) is 0 Å². The van der Waals surface area contributed by atoms with E-state index in [1.165, 1.54) is 32.1 Å². The van der Waals surface area contributed by atoms with E-state index in [9.17, 15) is 0 Å². The minimum Gasteiger partial charge on any atom is -0.314 e. The Morgan fingerprint density at radius 3 is 2.67 bits per heavy atom. The van der Waals surface area contributed by atoms with Gasteiger partial charge in [-0.15, -0.1) is 0 Å². The molecule has 0 saturated heterocycles. The number of benzene rings is 1. The first kappa shape index (κ1) is 16.5. The van der Waals surface area contributed by atoms with Gasteiger partial charge in [0.2, 0.25) is 0 Å². The molecule has 2 rings (SSSR count). The molecule has 1 aromatic rings. The summed E-state index contributed by atoms with van der Waals surface area (Å²) in [5.41, 5.74) is 3.23. The van der Waals surface area contributed by atoms with Crippen LogP contribution in [0.4, 0.5) is 0 Å². The van der Waals surface area contributed by atoms with Crippen LogP contribution in [0.2, 0.25) is 0 Å². The highest BCUT2D eigenvalue weighted by atomic mass is 14.9. The second-order valence-corrected chi connectivity index (χ2v) is 7.19. The van der Waals surface area contributed by atoms with Crippen LogP contribution in [-0.4, -0.2) is 12.6 Å². The number of aryl methyl sites for hydroxylation is 1. The molecule has 0 aliphatic heterocycles. The summed E-state index contributed by atoms with van der Waals surface area (Å²) < 4.78 is 0. The zero-order chi connectivity index (χ0) is 15.2. The molecule has 1 nitrogen and oxygen atoms in total. The molecule has 0 heterocycles. The SMILES string of the molecule is CCCNC(CC1CCCc2ccccc21)C(C)C(C)C. The van der Waals surface area contributed by atoms with Gasteiger partial charge in [0.1, 0.15) is 0 Å². The van der Waals surface area contributed by atoms with Crippen molar-refractivity contribution in [3.8, 4) is 0 Å². The molecule has 0 fully saturated rings. The lowest BCUT2D eigenvalue weighted by Crippen LogP contribution is -2.39. The summed E-state index contributed by atoms with van der Waals surface area (Å²) in [7, 11) is 0. The van der Waals surface area contributed by atoms with Crippen LogP contribution in [0.25, 0.3) is 0 Å². The maximum Gasteiger partial charge on any atom is 0.0101 e. The van der Waals surface area contributed by atoms with Gasteiger partial charge in [0.15, 0.2) is 0 Å². The smallest absolute Gasteiger partial charge is 0.0101 e. The van der Waals surface area contributed by atoms with E-state index in [1.807, 2.05) is 0 Å². The van der Waals surface area contributed by atoms with E-state index in [1.54, 1.807) is 11.1 Å². The van der Waals surface area contributed by atoms with E-state index in [-0.39, 0.29) is 0 Å². The Hall–Kier alpha value is -0.820. The third-order valence-electron chi connectivity index (χ3n) is 5.37. The van der Waals surface area contributed by atoms with Crippen molar-refractivity contribution in [2.75, 3.05) is 6.54 Å². The van der Waals surface area contributed by atoms with E-state index < -0.39 is 0 Å². The van der Waals surface area contributed by atoms with Crippen molar-refractivity contribution in [3.05, 3.63) is 35.4 Å². The summed E-state index contributed by atoms with van der Waals surface area (Å²) in [6.07, 6.45) is 6.53. The molecule has 3 atom stereocenters. The molecular formula is C20H33N. The van der Waals surface area contributed by atoms with Gasteiger partial charge < -0.3 is 5.32 Å². The average Bonchev–Trinajstić information content (AvgIpc) is 2.50. The Bertz CT molecular complexity index is 424. The third-order valence-corrected chi connectivity index (χ3v) is 5.37. The van der Waals surface area contributed by atoms with Crippen molar-refractivity contribution in [3.63, 3.8) is 0 Å². The van der Waals surface area contributed by atoms with E-state index >= 15 is 0 Å². The highest BCUT2D eigenvalue weighted by molar-refractivity contribution is 5.32. The van der Waals surface area contributed by atoms with E-state index in [0.717, 1.165) is 24.3 Å². The molecule has 0 bridgehead atoms. The number of nitrogens with one attached hydrogen (secondary N) is 1. The van der Waals surface area contributed by atoms with Gasteiger partial charge in [-0.3, -0.25) is 0 Å². The third kappa shape index (κ3) is 4.32. The highest BCUT2D eigenvalue weighted by Gasteiger charge is 2.27. The molecule has 0 amide bonds. The maximum absolute atomic E-state index is 3.83. The van der Waals surface area contributed by atoms with Crippen LogP contribution in [0, 0.1) is 11.8 Å². The fourth-order valence-electron chi connectivity index (χ4n) is 3.68. The van der Waals surface area contributed by atoms with Gasteiger partial charge in [-0.05, 0) is 67.5 Å². The second-order valence-electron chi connectivity index (χ2n) is 7.19. The van der Waals surface area contributed by atoms with Crippen LogP contribution < -0.4 is 5.32 Å². The van der Waals surface area contributed by atoms with Gasteiger partial charge in [-0.2, -0.15) is 0 Å². The van der Waals surface area contributed by atoms with Crippen LogP contribution in [0.1, 0.15) is 70.4 Å². The molecule has 3 unspecified atom stereocenters. The van der Waals surface area contributed by atoms with E-state index in [0.29, 0.717) is 6.04 Å². The highest BCUT2D eigenvalue weighted by Crippen LogP contribution is 2.36. The fraction of sp³-hybridized carbons (Fsp3) is 0.700. The summed E-state index contributed by atoms with van der Waals surface area (Å²) in [5.74, 6) is 2.24. The molecule has 21 heavy (non-hydrogen) atoms. The lowest BCUT2D eigenvalue weighted by molar-refractivity contribution is 0.266. The molecule has 1 aromatic carbocycles. The minimum atomic E-state index is 0.654. The molecule has 1 aliphatic carbocycles. The maximum atomic E-state index is 3.83. The first-order valence-electron chi connectivity index (χ1n) is 8.94. The minimum absolute atomic E-state index is 0.654. The van der Waals surface area contributed by atoms with Crippen LogP contribution >= 0.6 is 0 Å². The Morgan fingerprint density at radius 1 is 1.19 bits per heavy atom. The van der Waals surface area contributed by atoms with E-state index in [4.69, 9.17) is 0 Å². The van der Waals surface area contributed by atoms with Gasteiger partial charge in [0.25, 0.3) is 0 Å². The Kier molecular flexibility index (Phi) is 6.29. The van der Waals surface area contributed by atoms with Crippen molar-refractivity contribution >= 4 is 0 Å². The lowest BCUT2D eigenvalue weighted by Gasteiger charge is -2.34. The predicted octanol–water partition coefficient (Wildman–Crippen LogP) is 5.16. The summed E-state index contributed by atoms with van der Waals surface area (Å²) >= 11 is 0. The molecular weight excluding hydrogens is 254 g/mol. The quantitative estimate of drug-likeness (QED) is 0.730. The van der Waals surface area contributed by atoms with Gasteiger partial charge in [-0.1, -0.05) is 52.0 Å². The number of fused-ring (bicyclic) bond motifs is 1. The summed E-state index contributed by atoms with van der Waals surface area (Å²) in [4.78, 5) is 0. The molecule has 118 valence electrons. The first-order valence-corrected chi connectivity index (χ1v) is 8.94.